The van der Waals surface area contributed by atoms with Gasteiger partial charge in [-0.2, -0.15) is 0 Å². The number of nitrogens with zero attached hydrogens (tertiary/aromatic N) is 3. The minimum atomic E-state index is -0.459. The fourth-order valence-corrected chi connectivity index (χ4v) is 4.95. The van der Waals surface area contributed by atoms with E-state index in [9.17, 15) is 9.59 Å². The largest absolute Gasteiger partial charge is 0.485 e. The first-order valence-corrected chi connectivity index (χ1v) is 11.9. The highest BCUT2D eigenvalue weighted by Gasteiger charge is 2.22. The molecule has 0 aliphatic rings. The summed E-state index contributed by atoms with van der Waals surface area (Å²) >= 11 is 2.65. The Labute approximate surface area is 195 Å². The molecule has 2 aromatic heterocycles. The lowest BCUT2D eigenvalue weighted by Gasteiger charge is -2.10. The highest BCUT2D eigenvalue weighted by molar-refractivity contribution is 7.99. The lowest BCUT2D eigenvalue weighted by molar-refractivity contribution is -0.113. The summed E-state index contributed by atoms with van der Waals surface area (Å²) in [5.74, 6) is 0.933. The maximum absolute atomic E-state index is 12.6. The number of hydrogen-bond donors (Lipinski definition) is 1. The number of rotatable bonds is 9. The van der Waals surface area contributed by atoms with Crippen LogP contribution in [0.2, 0.25) is 0 Å². The molecule has 0 saturated carbocycles. The first-order valence-electron chi connectivity index (χ1n) is 10.1. The Morgan fingerprint density at radius 2 is 1.94 bits per heavy atom. The van der Waals surface area contributed by atoms with Crippen LogP contribution in [0.4, 0.5) is 5.00 Å². The first kappa shape index (κ1) is 23.8. The third-order valence-corrected chi connectivity index (χ3v) is 7.01. The van der Waals surface area contributed by atoms with Gasteiger partial charge in [0.15, 0.2) is 11.0 Å². The van der Waals surface area contributed by atoms with E-state index in [0.29, 0.717) is 28.1 Å². The van der Waals surface area contributed by atoms with Crippen molar-refractivity contribution in [1.82, 2.24) is 14.8 Å². The Hall–Kier alpha value is -2.85. The average molecular weight is 475 g/mol. The van der Waals surface area contributed by atoms with E-state index in [4.69, 9.17) is 9.47 Å². The summed E-state index contributed by atoms with van der Waals surface area (Å²) in [5.41, 5.74) is 2.27. The summed E-state index contributed by atoms with van der Waals surface area (Å²) in [6.07, 6.45) is 0. The molecule has 0 bridgehead atoms. The van der Waals surface area contributed by atoms with Crippen LogP contribution in [0.5, 0.6) is 5.75 Å². The van der Waals surface area contributed by atoms with Crippen molar-refractivity contribution in [3.05, 3.63) is 51.7 Å². The van der Waals surface area contributed by atoms with Crippen LogP contribution in [-0.2, 0) is 22.7 Å². The Kier molecular flexibility index (Phi) is 7.92. The normalized spacial score (nSPS) is 10.8. The van der Waals surface area contributed by atoms with Crippen LogP contribution in [0, 0.1) is 20.8 Å². The van der Waals surface area contributed by atoms with Crippen LogP contribution in [0.25, 0.3) is 0 Å². The Balaban J connectivity index is 1.64. The van der Waals surface area contributed by atoms with E-state index < -0.39 is 5.97 Å². The highest BCUT2D eigenvalue weighted by Crippen LogP contribution is 2.33. The molecule has 0 saturated heterocycles. The smallest absolute Gasteiger partial charge is 0.341 e. The lowest BCUT2D eigenvalue weighted by atomic mass is 10.1. The number of anilines is 1. The van der Waals surface area contributed by atoms with Gasteiger partial charge in [0.2, 0.25) is 5.91 Å². The zero-order valence-corrected chi connectivity index (χ0v) is 20.4. The van der Waals surface area contributed by atoms with E-state index >= 15 is 0 Å². The summed E-state index contributed by atoms with van der Waals surface area (Å²) < 4.78 is 12.7. The predicted octanol–water partition coefficient (Wildman–Crippen LogP) is 4.38. The van der Waals surface area contributed by atoms with Gasteiger partial charge in [-0.25, -0.2) is 4.79 Å². The van der Waals surface area contributed by atoms with Gasteiger partial charge in [0.25, 0.3) is 0 Å². The zero-order valence-electron chi connectivity index (χ0n) is 18.7. The molecule has 0 fully saturated rings. The number of para-hydroxylation sites is 1. The minimum absolute atomic E-state index is 0.132. The van der Waals surface area contributed by atoms with Crippen molar-refractivity contribution in [1.29, 1.82) is 0 Å². The molecule has 2 heterocycles. The van der Waals surface area contributed by atoms with E-state index in [1.54, 1.807) is 0 Å². The van der Waals surface area contributed by atoms with Crippen LogP contribution in [0.1, 0.15) is 39.1 Å². The number of ether oxygens (including phenoxy) is 2. The number of nitrogens with one attached hydrogen (secondary N) is 1. The monoisotopic (exact) mass is 474 g/mol. The standard InChI is InChI=1S/C22H26N4O4S2/c1-6-26-17(11-30-16-10-8-7-9-13(16)2)24-25-22(26)31-12-18(27)23-20-19(21(28)29-5)14(3)15(4)32-20/h7-10H,6,11-12H2,1-5H3,(H,23,27). The number of aryl methyl sites for hydroxylation is 2. The Morgan fingerprint density at radius 3 is 2.62 bits per heavy atom. The quantitative estimate of drug-likeness (QED) is 0.363. The molecule has 3 rings (SSSR count). The van der Waals surface area contributed by atoms with Crippen molar-refractivity contribution in [2.24, 2.45) is 0 Å². The van der Waals surface area contributed by atoms with Gasteiger partial charge in [0.05, 0.1) is 18.4 Å². The van der Waals surface area contributed by atoms with Crippen LogP contribution in [-0.4, -0.2) is 39.5 Å². The summed E-state index contributed by atoms with van der Waals surface area (Å²) in [5, 5.41) is 12.4. The molecule has 1 aromatic carbocycles. The molecule has 170 valence electrons. The van der Waals surface area contributed by atoms with Gasteiger partial charge in [-0.1, -0.05) is 30.0 Å². The first-order chi connectivity index (χ1) is 15.3. The van der Waals surface area contributed by atoms with Gasteiger partial charge in [0.1, 0.15) is 17.4 Å². The number of esters is 1. The van der Waals surface area contributed by atoms with Gasteiger partial charge in [-0.3, -0.25) is 4.79 Å². The molecule has 10 heteroatoms. The molecule has 8 nitrogen and oxygen atoms in total. The Morgan fingerprint density at radius 1 is 1.19 bits per heavy atom. The van der Waals surface area contributed by atoms with Crippen molar-refractivity contribution < 1.29 is 19.1 Å². The van der Waals surface area contributed by atoms with Crippen molar-refractivity contribution in [2.45, 2.75) is 46.0 Å². The number of amides is 1. The highest BCUT2D eigenvalue weighted by atomic mass is 32.2. The van der Waals surface area contributed by atoms with Gasteiger partial charge >= 0.3 is 5.97 Å². The molecule has 1 N–H and O–H groups in total. The Bertz CT molecular complexity index is 1120. The average Bonchev–Trinajstić information content (AvgIpc) is 3.30. The van der Waals surface area contributed by atoms with Crippen molar-refractivity contribution in [3.63, 3.8) is 0 Å². The molecule has 0 radical (unpaired) electrons. The lowest BCUT2D eigenvalue weighted by Crippen LogP contribution is -2.16. The van der Waals surface area contributed by atoms with E-state index in [0.717, 1.165) is 21.8 Å². The molecule has 32 heavy (non-hydrogen) atoms. The van der Waals surface area contributed by atoms with Gasteiger partial charge in [-0.05, 0) is 44.9 Å². The van der Waals surface area contributed by atoms with Crippen LogP contribution in [0.3, 0.4) is 0 Å². The number of carbonyl (C=O) groups is 2. The molecule has 0 atom stereocenters. The molecular formula is C22H26N4O4S2. The topological polar surface area (TPSA) is 95.3 Å². The van der Waals surface area contributed by atoms with E-state index in [1.807, 2.05) is 56.5 Å². The summed E-state index contributed by atoms with van der Waals surface area (Å²) in [4.78, 5) is 25.6. The number of hydrogen-bond acceptors (Lipinski definition) is 8. The maximum atomic E-state index is 12.6. The van der Waals surface area contributed by atoms with Crippen molar-refractivity contribution >= 4 is 40.0 Å². The third-order valence-electron chi connectivity index (χ3n) is 4.92. The van der Waals surface area contributed by atoms with E-state index in [2.05, 4.69) is 15.5 Å². The molecule has 1 amide bonds. The van der Waals surface area contributed by atoms with Crippen molar-refractivity contribution in [3.8, 4) is 5.75 Å². The van der Waals surface area contributed by atoms with E-state index in [-0.39, 0.29) is 18.3 Å². The number of carbonyl (C=O) groups excluding carboxylic acids is 2. The third kappa shape index (κ3) is 5.31. The maximum Gasteiger partial charge on any atom is 0.341 e. The second-order valence-electron chi connectivity index (χ2n) is 7.01. The zero-order chi connectivity index (χ0) is 23.3. The summed E-state index contributed by atoms with van der Waals surface area (Å²) in [6.45, 7) is 8.66. The molecule has 0 unspecified atom stereocenters. The fourth-order valence-electron chi connectivity index (χ4n) is 3.07. The fraction of sp³-hybridized carbons (Fsp3) is 0.364. The summed E-state index contributed by atoms with van der Waals surface area (Å²) in [7, 11) is 1.33. The number of thiophene rings is 1. The van der Waals surface area contributed by atoms with Crippen molar-refractivity contribution in [2.75, 3.05) is 18.2 Å². The minimum Gasteiger partial charge on any atom is -0.485 e. The van der Waals surface area contributed by atoms with Crippen LogP contribution >= 0.6 is 23.1 Å². The molecular weight excluding hydrogens is 448 g/mol. The molecule has 0 aliphatic heterocycles. The summed E-state index contributed by atoms with van der Waals surface area (Å²) in [6, 6.07) is 7.79. The predicted molar refractivity (Wildman–Crippen MR) is 126 cm³/mol. The SMILES string of the molecule is CCn1c(COc2ccccc2C)nnc1SCC(=O)Nc1sc(C)c(C)c1C(=O)OC. The second kappa shape index (κ2) is 10.6. The van der Waals surface area contributed by atoms with Gasteiger partial charge in [-0.15, -0.1) is 21.5 Å². The molecule has 0 aliphatic carbocycles. The molecule has 3 aromatic rings. The van der Waals surface area contributed by atoms with Gasteiger partial charge < -0.3 is 19.4 Å². The number of thioether (sulfide) groups is 1. The number of methoxy groups -OCH3 is 1. The number of benzene rings is 1. The van der Waals surface area contributed by atoms with Crippen LogP contribution in [0.15, 0.2) is 29.4 Å². The van der Waals surface area contributed by atoms with E-state index in [1.165, 1.54) is 30.2 Å². The second-order valence-corrected chi connectivity index (χ2v) is 9.18. The van der Waals surface area contributed by atoms with Gasteiger partial charge in [0, 0.05) is 11.4 Å². The van der Waals surface area contributed by atoms with Crippen LogP contribution < -0.4 is 10.1 Å². The molecule has 0 spiro atoms. The number of aromatic nitrogens is 3.